The first-order chi connectivity index (χ1) is 9.08. The highest BCUT2D eigenvalue weighted by molar-refractivity contribution is 7.98. The number of nitrogens with two attached hydrogens (primary N) is 1. The van der Waals surface area contributed by atoms with E-state index in [2.05, 4.69) is 5.32 Å². The van der Waals surface area contributed by atoms with Gasteiger partial charge in [-0.25, -0.2) is 0 Å². The van der Waals surface area contributed by atoms with Gasteiger partial charge in [0.2, 0.25) is 11.8 Å². The van der Waals surface area contributed by atoms with Crippen LogP contribution in [0.15, 0.2) is 23.1 Å². The molecule has 3 N–H and O–H groups in total. The summed E-state index contributed by atoms with van der Waals surface area (Å²) in [5.41, 5.74) is 7.67. The van der Waals surface area contributed by atoms with Crippen molar-refractivity contribution in [3.8, 4) is 0 Å². The van der Waals surface area contributed by atoms with Gasteiger partial charge in [0.15, 0.2) is 0 Å². The van der Waals surface area contributed by atoms with Crippen LogP contribution in [0.5, 0.6) is 0 Å². The highest BCUT2D eigenvalue weighted by Gasteiger charge is 2.31. The molecule has 1 aliphatic rings. The second-order valence-corrected chi connectivity index (χ2v) is 5.23. The highest BCUT2D eigenvalue weighted by atomic mass is 32.2. The lowest BCUT2D eigenvalue weighted by Gasteiger charge is -2.35. The number of thioether (sulfide) groups is 1. The zero-order chi connectivity index (χ0) is 14.0. The van der Waals surface area contributed by atoms with Gasteiger partial charge in [0.25, 0.3) is 0 Å². The smallest absolute Gasteiger partial charge is 0.249 e. The zero-order valence-corrected chi connectivity index (χ0v) is 11.8. The Kier molecular flexibility index (Phi) is 4.11. The van der Waals surface area contributed by atoms with Crippen molar-refractivity contribution in [2.45, 2.75) is 24.4 Å². The van der Waals surface area contributed by atoms with E-state index < -0.39 is 0 Å². The quantitative estimate of drug-likeness (QED) is 0.630. The van der Waals surface area contributed by atoms with E-state index in [-0.39, 0.29) is 24.4 Å². The van der Waals surface area contributed by atoms with E-state index in [9.17, 15) is 9.59 Å². The standard InChI is InChI=1S/C13H17N3O2S/c1-8-13(18)15-12(17)7-16(8)10-4-3-5-11(19-2)9(10)6-14/h3-5,8H,6-7,14H2,1-2H3,(H,15,17,18). The third-order valence-electron chi connectivity index (χ3n) is 3.27. The predicted molar refractivity (Wildman–Crippen MR) is 76.1 cm³/mol. The van der Waals surface area contributed by atoms with Crippen LogP contribution < -0.4 is 16.0 Å². The average Bonchev–Trinajstić information content (AvgIpc) is 2.41. The molecule has 0 radical (unpaired) electrons. The topological polar surface area (TPSA) is 75.4 Å². The molecule has 1 unspecified atom stereocenters. The number of benzene rings is 1. The molecule has 1 fully saturated rings. The summed E-state index contributed by atoms with van der Waals surface area (Å²) >= 11 is 1.61. The number of anilines is 1. The average molecular weight is 279 g/mol. The largest absolute Gasteiger partial charge is 0.350 e. The highest BCUT2D eigenvalue weighted by Crippen LogP contribution is 2.31. The van der Waals surface area contributed by atoms with Gasteiger partial charge in [-0.1, -0.05) is 6.07 Å². The number of amides is 2. The summed E-state index contributed by atoms with van der Waals surface area (Å²) in [5, 5.41) is 2.34. The van der Waals surface area contributed by atoms with Gasteiger partial charge in [-0.3, -0.25) is 14.9 Å². The lowest BCUT2D eigenvalue weighted by Crippen LogP contribution is -2.57. The van der Waals surface area contributed by atoms with Gasteiger partial charge in [-0.2, -0.15) is 0 Å². The van der Waals surface area contributed by atoms with E-state index in [1.54, 1.807) is 18.7 Å². The Balaban J connectivity index is 2.45. The number of hydrogen-bond acceptors (Lipinski definition) is 5. The monoisotopic (exact) mass is 279 g/mol. The van der Waals surface area contributed by atoms with Crippen LogP contribution in [0.2, 0.25) is 0 Å². The minimum Gasteiger partial charge on any atom is -0.350 e. The molecule has 0 saturated carbocycles. The summed E-state index contributed by atoms with van der Waals surface area (Å²) in [6.07, 6.45) is 1.98. The molecule has 102 valence electrons. The van der Waals surface area contributed by atoms with E-state index >= 15 is 0 Å². The van der Waals surface area contributed by atoms with Gasteiger partial charge >= 0.3 is 0 Å². The zero-order valence-electron chi connectivity index (χ0n) is 11.0. The van der Waals surface area contributed by atoms with Crippen molar-refractivity contribution in [2.24, 2.45) is 5.73 Å². The molecule has 1 aromatic rings. The van der Waals surface area contributed by atoms with E-state index in [4.69, 9.17) is 5.73 Å². The molecule has 2 amide bonds. The fourth-order valence-corrected chi connectivity index (χ4v) is 2.88. The summed E-state index contributed by atoms with van der Waals surface area (Å²) in [5.74, 6) is -0.547. The van der Waals surface area contributed by atoms with Crippen LogP contribution in [-0.2, 0) is 16.1 Å². The minimum atomic E-state index is -0.375. The molecule has 0 aliphatic carbocycles. The van der Waals surface area contributed by atoms with Gasteiger partial charge in [-0.05, 0) is 25.3 Å². The third kappa shape index (κ3) is 2.59. The fourth-order valence-electron chi connectivity index (χ4n) is 2.23. The molecule has 1 saturated heterocycles. The van der Waals surface area contributed by atoms with Crippen molar-refractivity contribution in [1.29, 1.82) is 0 Å². The van der Waals surface area contributed by atoms with Crippen LogP contribution in [0.4, 0.5) is 5.69 Å². The van der Waals surface area contributed by atoms with Crippen molar-refractivity contribution >= 4 is 29.3 Å². The molecule has 1 aromatic carbocycles. The van der Waals surface area contributed by atoms with E-state index in [1.807, 2.05) is 29.4 Å². The molecule has 0 spiro atoms. The number of rotatable bonds is 3. The maximum absolute atomic E-state index is 11.7. The molecule has 0 bridgehead atoms. The molecule has 6 heteroatoms. The fraction of sp³-hybridized carbons (Fsp3) is 0.385. The van der Waals surface area contributed by atoms with Crippen molar-refractivity contribution in [3.63, 3.8) is 0 Å². The maximum Gasteiger partial charge on any atom is 0.249 e. The lowest BCUT2D eigenvalue weighted by atomic mass is 10.1. The second kappa shape index (κ2) is 5.63. The Morgan fingerprint density at radius 3 is 2.84 bits per heavy atom. The molecule has 1 heterocycles. The van der Waals surface area contributed by atoms with E-state index in [1.165, 1.54) is 0 Å². The molecule has 2 rings (SSSR count). The van der Waals surface area contributed by atoms with Crippen molar-refractivity contribution in [1.82, 2.24) is 5.32 Å². The Labute approximate surface area is 116 Å². The van der Waals surface area contributed by atoms with Crippen molar-refractivity contribution < 1.29 is 9.59 Å². The Morgan fingerprint density at radius 1 is 1.47 bits per heavy atom. The van der Waals surface area contributed by atoms with Crippen LogP contribution >= 0.6 is 11.8 Å². The maximum atomic E-state index is 11.7. The van der Waals surface area contributed by atoms with Gasteiger partial charge in [-0.15, -0.1) is 11.8 Å². The van der Waals surface area contributed by atoms with E-state index in [0.29, 0.717) is 6.54 Å². The summed E-state index contributed by atoms with van der Waals surface area (Å²) in [7, 11) is 0. The summed E-state index contributed by atoms with van der Waals surface area (Å²) < 4.78 is 0. The van der Waals surface area contributed by atoms with Crippen LogP contribution in [0.25, 0.3) is 0 Å². The molecule has 1 aliphatic heterocycles. The molecule has 19 heavy (non-hydrogen) atoms. The van der Waals surface area contributed by atoms with Crippen LogP contribution in [0.1, 0.15) is 12.5 Å². The minimum absolute atomic E-state index is 0.178. The Bertz CT molecular complexity index is 519. The van der Waals surface area contributed by atoms with Crippen LogP contribution in [-0.4, -0.2) is 30.7 Å². The van der Waals surface area contributed by atoms with Crippen molar-refractivity contribution in [2.75, 3.05) is 17.7 Å². The number of carbonyl (C=O) groups excluding carboxylic acids is 2. The second-order valence-electron chi connectivity index (χ2n) is 4.38. The summed E-state index contributed by atoms with van der Waals surface area (Å²) in [6, 6.07) is 5.45. The first kappa shape index (κ1) is 13.9. The first-order valence-corrected chi connectivity index (χ1v) is 7.27. The van der Waals surface area contributed by atoms with Crippen molar-refractivity contribution in [3.05, 3.63) is 23.8 Å². The SMILES string of the molecule is CSc1cccc(N2CC(=O)NC(=O)C2C)c1CN. The van der Waals surface area contributed by atoms with Gasteiger partial charge in [0.05, 0.1) is 6.54 Å². The Morgan fingerprint density at radius 2 is 2.21 bits per heavy atom. The normalized spacial score (nSPS) is 19.5. The van der Waals surface area contributed by atoms with Crippen LogP contribution in [0.3, 0.4) is 0 Å². The summed E-state index contributed by atoms with van der Waals surface area (Å²) in [6.45, 7) is 2.34. The van der Waals surface area contributed by atoms with Gasteiger partial charge < -0.3 is 10.6 Å². The van der Waals surface area contributed by atoms with Gasteiger partial charge in [0.1, 0.15) is 6.04 Å². The Hall–Kier alpha value is -1.53. The molecular weight excluding hydrogens is 262 g/mol. The molecule has 1 atom stereocenters. The lowest BCUT2D eigenvalue weighted by molar-refractivity contribution is -0.132. The third-order valence-corrected chi connectivity index (χ3v) is 4.09. The number of hydrogen-bond donors (Lipinski definition) is 2. The molecule has 0 aromatic heterocycles. The number of carbonyl (C=O) groups is 2. The number of imide groups is 1. The predicted octanol–water partition coefficient (Wildman–Crippen LogP) is 0.719. The summed E-state index contributed by atoms with van der Waals surface area (Å²) in [4.78, 5) is 26.2. The van der Waals surface area contributed by atoms with Crippen LogP contribution in [0, 0.1) is 0 Å². The molecule has 5 nitrogen and oxygen atoms in total. The number of piperazine rings is 1. The molecular formula is C13H17N3O2S. The van der Waals surface area contributed by atoms with Gasteiger partial charge in [0, 0.05) is 22.7 Å². The number of nitrogens with one attached hydrogen (secondary N) is 1. The van der Waals surface area contributed by atoms with E-state index in [0.717, 1.165) is 16.1 Å². The first-order valence-electron chi connectivity index (χ1n) is 6.04. The number of nitrogens with zero attached hydrogens (tertiary/aromatic N) is 1.